The summed E-state index contributed by atoms with van der Waals surface area (Å²) in [6.07, 6.45) is 1.04. The van der Waals surface area contributed by atoms with Crippen molar-refractivity contribution in [3.05, 3.63) is 18.1 Å². The number of fused-ring (bicyclic) bond motifs is 1. The third kappa shape index (κ3) is 5.71. The molecule has 9 nitrogen and oxygen atoms in total. The first-order valence-corrected chi connectivity index (χ1v) is 11.6. The highest BCUT2D eigenvalue weighted by Crippen LogP contribution is 2.35. The molecule has 1 aliphatic heterocycles. The van der Waals surface area contributed by atoms with Gasteiger partial charge in [0.2, 0.25) is 5.91 Å². The number of amides is 1. The summed E-state index contributed by atoms with van der Waals surface area (Å²) < 4.78 is 12.7. The van der Waals surface area contributed by atoms with Crippen molar-refractivity contribution in [1.82, 2.24) is 14.5 Å². The number of hydrogen-bond acceptors (Lipinski definition) is 7. The third-order valence-corrected chi connectivity index (χ3v) is 5.97. The van der Waals surface area contributed by atoms with Crippen LogP contribution >= 0.6 is 0 Å². The average Bonchev–Trinajstić information content (AvgIpc) is 3.18. The summed E-state index contributed by atoms with van der Waals surface area (Å²) in [5.41, 5.74) is 1.37. The van der Waals surface area contributed by atoms with Crippen molar-refractivity contribution in [1.29, 1.82) is 0 Å². The lowest BCUT2D eigenvalue weighted by Gasteiger charge is -2.26. The first-order valence-electron chi connectivity index (χ1n) is 11.6. The van der Waals surface area contributed by atoms with E-state index in [4.69, 9.17) is 9.47 Å². The number of nitrogens with one attached hydrogen (secondary N) is 1. The van der Waals surface area contributed by atoms with Gasteiger partial charge in [0.1, 0.15) is 36.1 Å². The third-order valence-electron chi connectivity index (χ3n) is 5.97. The Bertz CT molecular complexity index is 968. The fourth-order valence-corrected chi connectivity index (χ4v) is 4.63. The molecule has 0 aliphatic carbocycles. The van der Waals surface area contributed by atoms with Crippen molar-refractivity contribution in [3.8, 4) is 0 Å². The van der Waals surface area contributed by atoms with Crippen LogP contribution in [0.15, 0.2) is 12.5 Å². The smallest absolute Gasteiger partial charge is 0.228 e. The lowest BCUT2D eigenvalue weighted by atomic mass is 9.80. The predicted octanol–water partition coefficient (Wildman–Crippen LogP) is 3.04. The first-order chi connectivity index (χ1) is 15.4. The molecule has 1 amide bonds. The molecule has 0 bridgehead atoms. The molecule has 1 saturated heterocycles. The lowest BCUT2D eigenvalue weighted by molar-refractivity contribution is -0.121. The van der Waals surface area contributed by atoms with Crippen LogP contribution in [-0.4, -0.2) is 62.7 Å². The monoisotopic (exact) mass is 462 g/mol. The second kappa shape index (κ2) is 10.0. The highest BCUT2D eigenvalue weighted by molar-refractivity contribution is 6.00. The van der Waals surface area contributed by atoms with Crippen molar-refractivity contribution < 1.29 is 24.5 Å². The number of aryl methyl sites for hydroxylation is 1. The molecule has 33 heavy (non-hydrogen) atoms. The maximum absolute atomic E-state index is 13.3. The lowest BCUT2D eigenvalue weighted by Crippen LogP contribution is -2.33. The molecule has 0 aromatic carbocycles. The van der Waals surface area contributed by atoms with Crippen molar-refractivity contribution in [2.45, 2.75) is 78.9 Å². The second-order valence-electron chi connectivity index (χ2n) is 10.7. The van der Waals surface area contributed by atoms with Gasteiger partial charge in [0.05, 0.1) is 12.0 Å². The fourth-order valence-electron chi connectivity index (χ4n) is 4.63. The molecule has 2 aromatic rings. The molecular weight excluding hydrogens is 424 g/mol. The number of methoxy groups -OCH3 is 1. The molecule has 3 rings (SSSR count). The minimum absolute atomic E-state index is 0.0205. The minimum Gasteiger partial charge on any atom is -0.387 e. The van der Waals surface area contributed by atoms with Crippen LogP contribution in [0.1, 0.15) is 59.3 Å². The SMILES string of the molecule is COC[C@H]1O[C@@H](n2cc(C)c3c(NC(=O)C(CC(C)C)CC(C)(C)C)ncnc32)[C@@H](O)C1O. The zero-order chi connectivity index (χ0) is 24.5. The highest BCUT2D eigenvalue weighted by atomic mass is 16.6. The van der Waals surface area contributed by atoms with Gasteiger partial charge < -0.3 is 29.6 Å². The summed E-state index contributed by atoms with van der Waals surface area (Å²) >= 11 is 0. The van der Waals surface area contributed by atoms with Gasteiger partial charge in [-0.25, -0.2) is 9.97 Å². The summed E-state index contributed by atoms with van der Waals surface area (Å²) in [7, 11) is 1.51. The average molecular weight is 463 g/mol. The highest BCUT2D eigenvalue weighted by Gasteiger charge is 2.44. The largest absolute Gasteiger partial charge is 0.387 e. The van der Waals surface area contributed by atoms with E-state index < -0.39 is 24.5 Å². The summed E-state index contributed by atoms with van der Waals surface area (Å²) in [6, 6.07) is 0. The molecule has 5 atom stereocenters. The van der Waals surface area contributed by atoms with E-state index in [0.717, 1.165) is 18.4 Å². The van der Waals surface area contributed by atoms with E-state index in [2.05, 4.69) is 49.9 Å². The number of carbonyl (C=O) groups excluding carboxylic acids is 1. The molecule has 3 N–H and O–H groups in total. The van der Waals surface area contributed by atoms with Gasteiger partial charge in [0, 0.05) is 19.2 Å². The molecule has 2 aromatic heterocycles. The van der Waals surface area contributed by atoms with Crippen molar-refractivity contribution in [3.63, 3.8) is 0 Å². The maximum atomic E-state index is 13.3. The molecule has 1 fully saturated rings. The number of aliphatic hydroxyl groups excluding tert-OH is 2. The maximum Gasteiger partial charge on any atom is 0.228 e. The van der Waals surface area contributed by atoms with Gasteiger partial charge in [-0.2, -0.15) is 0 Å². The van der Waals surface area contributed by atoms with Crippen molar-refractivity contribution >= 4 is 22.8 Å². The summed E-state index contributed by atoms with van der Waals surface area (Å²) in [5.74, 6) is 0.634. The Morgan fingerprint density at radius 2 is 1.97 bits per heavy atom. The van der Waals surface area contributed by atoms with Crippen LogP contribution in [0.4, 0.5) is 5.82 Å². The van der Waals surface area contributed by atoms with Gasteiger partial charge in [0.25, 0.3) is 0 Å². The van der Waals surface area contributed by atoms with Crippen LogP contribution < -0.4 is 5.32 Å². The van der Waals surface area contributed by atoms with E-state index in [1.807, 2.05) is 6.92 Å². The summed E-state index contributed by atoms with van der Waals surface area (Å²) in [4.78, 5) is 22.0. The van der Waals surface area contributed by atoms with Crippen LogP contribution in [0.5, 0.6) is 0 Å². The number of nitrogens with zero attached hydrogens (tertiary/aromatic N) is 3. The number of anilines is 1. The second-order valence-corrected chi connectivity index (χ2v) is 10.7. The Hall–Kier alpha value is -2.07. The molecule has 2 unspecified atom stereocenters. The van der Waals surface area contributed by atoms with E-state index in [1.165, 1.54) is 13.4 Å². The van der Waals surface area contributed by atoms with Gasteiger partial charge in [-0.05, 0) is 36.7 Å². The zero-order valence-corrected chi connectivity index (χ0v) is 20.7. The number of hydrogen-bond donors (Lipinski definition) is 3. The summed E-state index contributed by atoms with van der Waals surface area (Å²) in [5, 5.41) is 24.6. The van der Waals surface area contributed by atoms with E-state index in [-0.39, 0.29) is 23.8 Å². The standard InChI is InChI=1S/C24H38N4O5/c1-13(2)8-15(9-24(4,5)6)22(31)27-20-17-14(3)10-28(21(17)26-12-25-20)23-19(30)18(29)16(33-23)11-32-7/h10,12-13,15-16,18-19,23,29-30H,8-9,11H2,1-7H3,(H,25,26,27,31)/t15?,16-,18?,19+,23-/m1/s1. The van der Waals surface area contributed by atoms with Crippen molar-refractivity contribution in [2.24, 2.45) is 17.3 Å². The predicted molar refractivity (Wildman–Crippen MR) is 126 cm³/mol. The molecule has 0 spiro atoms. The Balaban J connectivity index is 1.92. The molecule has 9 heteroatoms. The Labute approximate surface area is 195 Å². The van der Waals surface area contributed by atoms with Crippen molar-refractivity contribution in [2.75, 3.05) is 19.0 Å². The Morgan fingerprint density at radius 1 is 1.27 bits per heavy atom. The quantitative estimate of drug-likeness (QED) is 0.552. The topological polar surface area (TPSA) is 119 Å². The van der Waals surface area contributed by atoms with E-state index in [9.17, 15) is 15.0 Å². The molecule has 184 valence electrons. The van der Waals surface area contributed by atoms with E-state index in [1.54, 1.807) is 10.8 Å². The van der Waals surface area contributed by atoms with Gasteiger partial charge in [-0.1, -0.05) is 34.6 Å². The number of carbonyl (C=O) groups is 1. The molecule has 0 radical (unpaired) electrons. The molecule has 3 heterocycles. The minimum atomic E-state index is -1.14. The number of aromatic nitrogens is 3. The summed E-state index contributed by atoms with van der Waals surface area (Å²) in [6.45, 7) is 12.7. The van der Waals surface area contributed by atoms with Crippen LogP contribution in [0.2, 0.25) is 0 Å². The molecular formula is C24H38N4O5. The van der Waals surface area contributed by atoms with Crippen LogP contribution in [0.25, 0.3) is 11.0 Å². The van der Waals surface area contributed by atoms with Gasteiger partial charge >= 0.3 is 0 Å². The van der Waals surface area contributed by atoms with E-state index in [0.29, 0.717) is 22.8 Å². The Morgan fingerprint density at radius 3 is 2.58 bits per heavy atom. The first kappa shape index (κ1) is 25.6. The van der Waals surface area contributed by atoms with Gasteiger partial charge in [0.15, 0.2) is 6.23 Å². The van der Waals surface area contributed by atoms with Crippen LogP contribution in [-0.2, 0) is 14.3 Å². The van der Waals surface area contributed by atoms with E-state index >= 15 is 0 Å². The molecule has 0 saturated carbocycles. The Kier molecular flexibility index (Phi) is 7.78. The normalized spacial score (nSPS) is 24.5. The fraction of sp³-hybridized carbons (Fsp3) is 0.708. The van der Waals surface area contributed by atoms with Gasteiger partial charge in [-0.3, -0.25) is 4.79 Å². The number of ether oxygens (including phenoxy) is 2. The van der Waals surface area contributed by atoms with Crippen LogP contribution in [0.3, 0.4) is 0 Å². The van der Waals surface area contributed by atoms with Gasteiger partial charge in [-0.15, -0.1) is 0 Å². The number of rotatable bonds is 8. The van der Waals surface area contributed by atoms with Crippen LogP contribution in [0, 0.1) is 24.2 Å². The molecule has 1 aliphatic rings. The number of aliphatic hydroxyl groups is 2. The zero-order valence-electron chi connectivity index (χ0n) is 20.7.